The van der Waals surface area contributed by atoms with Gasteiger partial charge in [-0.2, -0.15) is 11.8 Å². The van der Waals surface area contributed by atoms with Crippen LogP contribution in [0.4, 0.5) is 0 Å². The molecular formula is C15H30N2S. The molecule has 3 heteroatoms. The number of nitrogens with one attached hydrogen (secondary N) is 1. The van der Waals surface area contributed by atoms with Gasteiger partial charge in [0.2, 0.25) is 0 Å². The van der Waals surface area contributed by atoms with E-state index in [1.54, 1.807) is 0 Å². The van der Waals surface area contributed by atoms with Crippen molar-refractivity contribution in [2.45, 2.75) is 45.1 Å². The summed E-state index contributed by atoms with van der Waals surface area (Å²) in [6, 6.07) is 0.771. The van der Waals surface area contributed by atoms with Crippen molar-refractivity contribution in [1.29, 1.82) is 0 Å². The van der Waals surface area contributed by atoms with Crippen molar-refractivity contribution in [3.8, 4) is 0 Å². The largest absolute Gasteiger partial charge is 0.317 e. The maximum absolute atomic E-state index is 3.57. The van der Waals surface area contributed by atoms with Gasteiger partial charge in [0.1, 0.15) is 0 Å². The summed E-state index contributed by atoms with van der Waals surface area (Å²) in [4.78, 5) is 2.71. The SMILES string of the molecule is CCCC1CCC(NC)C(CN2CCSCC2)C1. The van der Waals surface area contributed by atoms with Gasteiger partial charge in [-0.1, -0.05) is 19.8 Å². The van der Waals surface area contributed by atoms with Crippen LogP contribution in [0.3, 0.4) is 0 Å². The minimum absolute atomic E-state index is 0.771. The van der Waals surface area contributed by atoms with Crippen LogP contribution in [0.15, 0.2) is 0 Å². The lowest BCUT2D eigenvalue weighted by atomic mass is 9.76. The molecule has 0 aromatic carbocycles. The second-order valence-corrected chi connectivity index (χ2v) is 7.26. The first-order chi connectivity index (χ1) is 8.83. The lowest BCUT2D eigenvalue weighted by Crippen LogP contribution is -2.46. The van der Waals surface area contributed by atoms with E-state index in [0.717, 1.165) is 17.9 Å². The molecule has 0 aromatic heterocycles. The summed E-state index contributed by atoms with van der Waals surface area (Å²) in [6.07, 6.45) is 7.12. The predicted octanol–water partition coefficient (Wildman–Crippen LogP) is 2.84. The lowest BCUT2D eigenvalue weighted by Gasteiger charge is -2.39. The van der Waals surface area contributed by atoms with Crippen molar-refractivity contribution >= 4 is 11.8 Å². The van der Waals surface area contributed by atoms with Crippen LogP contribution in [-0.4, -0.2) is 49.1 Å². The molecule has 1 N–H and O–H groups in total. The highest BCUT2D eigenvalue weighted by atomic mass is 32.2. The molecule has 1 aliphatic heterocycles. The van der Waals surface area contributed by atoms with Crippen LogP contribution >= 0.6 is 11.8 Å². The molecule has 0 radical (unpaired) electrons. The van der Waals surface area contributed by atoms with Crippen LogP contribution in [-0.2, 0) is 0 Å². The standard InChI is InChI=1S/C15H30N2S/c1-3-4-13-5-6-15(16-2)14(11-13)12-17-7-9-18-10-8-17/h13-16H,3-12H2,1-2H3. The van der Waals surface area contributed by atoms with E-state index in [1.807, 2.05) is 0 Å². The summed E-state index contributed by atoms with van der Waals surface area (Å²) in [5, 5.41) is 3.57. The minimum atomic E-state index is 0.771. The second kappa shape index (κ2) is 7.76. The van der Waals surface area contributed by atoms with Gasteiger partial charge in [-0.05, 0) is 38.1 Å². The van der Waals surface area contributed by atoms with Gasteiger partial charge in [-0.15, -0.1) is 0 Å². The van der Waals surface area contributed by atoms with E-state index in [4.69, 9.17) is 0 Å². The predicted molar refractivity (Wildman–Crippen MR) is 82.4 cm³/mol. The summed E-state index contributed by atoms with van der Waals surface area (Å²) >= 11 is 2.12. The Bertz CT molecular complexity index is 229. The molecule has 0 spiro atoms. The normalized spacial score (nSPS) is 34.7. The van der Waals surface area contributed by atoms with Gasteiger partial charge < -0.3 is 10.2 Å². The van der Waals surface area contributed by atoms with Gasteiger partial charge in [0.05, 0.1) is 0 Å². The van der Waals surface area contributed by atoms with Gasteiger partial charge in [-0.3, -0.25) is 0 Å². The Kier molecular flexibility index (Phi) is 6.33. The lowest BCUT2D eigenvalue weighted by molar-refractivity contribution is 0.145. The monoisotopic (exact) mass is 270 g/mol. The molecule has 2 nitrogen and oxygen atoms in total. The van der Waals surface area contributed by atoms with Gasteiger partial charge in [0.15, 0.2) is 0 Å². The smallest absolute Gasteiger partial charge is 0.0105 e. The number of hydrogen-bond acceptors (Lipinski definition) is 3. The molecule has 0 aromatic rings. The summed E-state index contributed by atoms with van der Waals surface area (Å²) in [7, 11) is 2.16. The van der Waals surface area contributed by atoms with E-state index in [9.17, 15) is 0 Å². The van der Waals surface area contributed by atoms with Crippen LogP contribution in [0, 0.1) is 11.8 Å². The Morgan fingerprint density at radius 1 is 1.22 bits per heavy atom. The van der Waals surface area contributed by atoms with E-state index in [-0.39, 0.29) is 0 Å². The Balaban J connectivity index is 1.84. The van der Waals surface area contributed by atoms with Crippen molar-refractivity contribution in [2.24, 2.45) is 11.8 Å². The summed E-state index contributed by atoms with van der Waals surface area (Å²) in [5.74, 6) is 4.58. The first-order valence-corrected chi connectivity index (χ1v) is 8.96. The molecule has 1 saturated carbocycles. The van der Waals surface area contributed by atoms with Gasteiger partial charge >= 0.3 is 0 Å². The molecule has 1 aliphatic carbocycles. The zero-order valence-electron chi connectivity index (χ0n) is 12.2. The first kappa shape index (κ1) is 14.7. The Labute approximate surface area is 117 Å². The highest BCUT2D eigenvalue weighted by Gasteiger charge is 2.30. The van der Waals surface area contributed by atoms with Gasteiger partial charge in [-0.25, -0.2) is 0 Å². The molecule has 0 amide bonds. The van der Waals surface area contributed by atoms with Crippen molar-refractivity contribution in [2.75, 3.05) is 38.2 Å². The summed E-state index contributed by atoms with van der Waals surface area (Å²) in [5.41, 5.74) is 0. The van der Waals surface area contributed by atoms with Gasteiger partial charge in [0.25, 0.3) is 0 Å². The molecule has 3 atom stereocenters. The number of hydrogen-bond donors (Lipinski definition) is 1. The quantitative estimate of drug-likeness (QED) is 0.827. The van der Waals surface area contributed by atoms with E-state index < -0.39 is 0 Å². The summed E-state index contributed by atoms with van der Waals surface area (Å²) in [6.45, 7) is 6.30. The third kappa shape index (κ3) is 4.14. The van der Waals surface area contributed by atoms with Crippen LogP contribution < -0.4 is 5.32 Å². The van der Waals surface area contributed by atoms with Crippen molar-refractivity contribution < 1.29 is 0 Å². The zero-order chi connectivity index (χ0) is 12.8. The second-order valence-electron chi connectivity index (χ2n) is 6.04. The minimum Gasteiger partial charge on any atom is -0.317 e. The fraction of sp³-hybridized carbons (Fsp3) is 1.00. The third-order valence-electron chi connectivity index (χ3n) is 4.76. The molecular weight excluding hydrogens is 240 g/mol. The molecule has 2 aliphatic rings. The highest BCUT2D eigenvalue weighted by molar-refractivity contribution is 7.99. The number of thioether (sulfide) groups is 1. The van der Waals surface area contributed by atoms with E-state index >= 15 is 0 Å². The maximum Gasteiger partial charge on any atom is 0.0105 e. The van der Waals surface area contributed by atoms with E-state index in [2.05, 4.69) is 35.9 Å². The van der Waals surface area contributed by atoms with Crippen LogP contribution in [0.5, 0.6) is 0 Å². The third-order valence-corrected chi connectivity index (χ3v) is 5.70. The van der Waals surface area contributed by atoms with E-state index in [0.29, 0.717) is 0 Å². The first-order valence-electron chi connectivity index (χ1n) is 7.80. The van der Waals surface area contributed by atoms with Crippen LogP contribution in [0.1, 0.15) is 39.0 Å². The molecule has 3 unspecified atom stereocenters. The Morgan fingerprint density at radius 3 is 2.67 bits per heavy atom. The molecule has 0 bridgehead atoms. The average molecular weight is 270 g/mol. The zero-order valence-corrected chi connectivity index (χ0v) is 13.0. The molecule has 106 valence electrons. The average Bonchev–Trinajstić information content (AvgIpc) is 2.41. The fourth-order valence-corrected chi connectivity index (χ4v) is 4.71. The number of rotatable bonds is 5. The van der Waals surface area contributed by atoms with Crippen molar-refractivity contribution in [3.05, 3.63) is 0 Å². The van der Waals surface area contributed by atoms with Crippen LogP contribution in [0.2, 0.25) is 0 Å². The topological polar surface area (TPSA) is 15.3 Å². The highest BCUT2D eigenvalue weighted by Crippen LogP contribution is 2.33. The molecule has 2 rings (SSSR count). The van der Waals surface area contributed by atoms with E-state index in [1.165, 1.54) is 63.2 Å². The van der Waals surface area contributed by atoms with Gasteiger partial charge in [0, 0.05) is 37.2 Å². The molecule has 1 saturated heterocycles. The van der Waals surface area contributed by atoms with Crippen molar-refractivity contribution in [1.82, 2.24) is 10.2 Å². The maximum atomic E-state index is 3.57. The van der Waals surface area contributed by atoms with Crippen molar-refractivity contribution in [3.63, 3.8) is 0 Å². The number of nitrogens with zero attached hydrogens (tertiary/aromatic N) is 1. The van der Waals surface area contributed by atoms with Crippen LogP contribution in [0.25, 0.3) is 0 Å². The Morgan fingerprint density at radius 2 is 2.00 bits per heavy atom. The fourth-order valence-electron chi connectivity index (χ4n) is 3.73. The molecule has 1 heterocycles. The molecule has 18 heavy (non-hydrogen) atoms. The summed E-state index contributed by atoms with van der Waals surface area (Å²) < 4.78 is 0. The molecule has 2 fully saturated rings. The Hall–Kier alpha value is 0.270.